The van der Waals surface area contributed by atoms with Gasteiger partial charge >= 0.3 is 0 Å². The predicted octanol–water partition coefficient (Wildman–Crippen LogP) is 2.85. The van der Waals surface area contributed by atoms with Crippen LogP contribution >= 0.6 is 0 Å². The zero-order chi connectivity index (χ0) is 15.5. The summed E-state index contributed by atoms with van der Waals surface area (Å²) >= 11 is 0. The molecule has 0 atom stereocenters. The van der Waals surface area contributed by atoms with Crippen LogP contribution in [0.25, 0.3) is 0 Å². The highest BCUT2D eigenvalue weighted by molar-refractivity contribution is 5.94. The number of benzene rings is 1. The van der Waals surface area contributed by atoms with Crippen molar-refractivity contribution < 1.29 is 14.6 Å². The van der Waals surface area contributed by atoms with Crippen molar-refractivity contribution in [1.29, 1.82) is 0 Å². The summed E-state index contributed by atoms with van der Waals surface area (Å²) in [5, 5.41) is 9.77. The van der Waals surface area contributed by atoms with Crippen LogP contribution in [0.2, 0.25) is 0 Å². The van der Waals surface area contributed by atoms with E-state index >= 15 is 0 Å². The zero-order valence-corrected chi connectivity index (χ0v) is 13.1. The molecule has 1 amide bonds. The maximum Gasteiger partial charge on any atom is 0.253 e. The Morgan fingerprint density at radius 1 is 1.29 bits per heavy atom. The molecule has 1 aromatic carbocycles. The molecule has 1 N–H and O–H groups in total. The van der Waals surface area contributed by atoms with Crippen molar-refractivity contribution >= 4 is 5.91 Å². The molecule has 1 aliphatic rings. The van der Waals surface area contributed by atoms with Crippen LogP contribution in [0.15, 0.2) is 24.3 Å². The van der Waals surface area contributed by atoms with Gasteiger partial charge in [-0.25, -0.2) is 0 Å². The lowest BCUT2D eigenvalue weighted by atomic mass is 10.1. The van der Waals surface area contributed by atoms with Crippen LogP contribution in [0.5, 0.6) is 5.75 Å². The van der Waals surface area contributed by atoms with Crippen LogP contribution in [-0.4, -0.2) is 41.2 Å². The highest BCUT2D eigenvalue weighted by Gasteiger charge is 2.21. The number of carbonyl (C=O) groups excluding carboxylic acids is 1. The van der Waals surface area contributed by atoms with Crippen molar-refractivity contribution in [2.75, 3.05) is 13.6 Å². The van der Waals surface area contributed by atoms with E-state index in [-0.39, 0.29) is 5.91 Å². The third-order valence-electron chi connectivity index (χ3n) is 3.68. The molecule has 116 valence electrons. The van der Waals surface area contributed by atoms with Gasteiger partial charge in [-0.1, -0.05) is 0 Å². The summed E-state index contributed by atoms with van der Waals surface area (Å²) < 4.78 is 5.89. The minimum atomic E-state index is -0.893. The molecule has 21 heavy (non-hydrogen) atoms. The summed E-state index contributed by atoms with van der Waals surface area (Å²) in [6.07, 6.45) is 5.04. The minimum Gasteiger partial charge on any atom is -0.490 e. The van der Waals surface area contributed by atoms with Gasteiger partial charge in [0.2, 0.25) is 0 Å². The highest BCUT2D eigenvalue weighted by atomic mass is 16.5. The van der Waals surface area contributed by atoms with Crippen LogP contribution < -0.4 is 4.74 Å². The van der Waals surface area contributed by atoms with Gasteiger partial charge in [0.05, 0.1) is 11.7 Å². The van der Waals surface area contributed by atoms with Crippen LogP contribution in [0, 0.1) is 0 Å². The second-order valence-electron chi connectivity index (χ2n) is 6.52. The molecular weight excluding hydrogens is 266 g/mol. The van der Waals surface area contributed by atoms with Crippen molar-refractivity contribution in [1.82, 2.24) is 4.90 Å². The van der Waals surface area contributed by atoms with Gasteiger partial charge in [-0.05, 0) is 63.8 Å². The first-order valence-electron chi connectivity index (χ1n) is 7.60. The molecule has 1 aliphatic carbocycles. The van der Waals surface area contributed by atoms with E-state index < -0.39 is 5.60 Å². The quantitative estimate of drug-likeness (QED) is 0.907. The molecule has 0 radical (unpaired) electrons. The molecule has 2 rings (SSSR count). The second kappa shape index (κ2) is 6.48. The Morgan fingerprint density at radius 2 is 1.86 bits per heavy atom. The molecule has 4 heteroatoms. The van der Waals surface area contributed by atoms with Gasteiger partial charge in [-0.2, -0.15) is 0 Å². The lowest BCUT2D eigenvalue weighted by Crippen LogP contribution is -2.39. The smallest absolute Gasteiger partial charge is 0.253 e. The number of rotatable bonds is 5. The first kappa shape index (κ1) is 15.8. The fraction of sp³-hybridized carbons (Fsp3) is 0.588. The lowest BCUT2D eigenvalue weighted by molar-refractivity contribution is 0.0368. The molecule has 0 aliphatic heterocycles. The standard InChI is InChI=1S/C17H25NO3/c1-17(2,20)12-18(3)16(19)13-8-10-15(11-9-13)21-14-6-4-5-7-14/h8-11,14,20H,4-7,12H2,1-3H3. The maximum atomic E-state index is 12.3. The highest BCUT2D eigenvalue weighted by Crippen LogP contribution is 2.24. The molecule has 0 saturated heterocycles. The predicted molar refractivity (Wildman–Crippen MR) is 82.6 cm³/mol. The monoisotopic (exact) mass is 291 g/mol. The van der Waals surface area contributed by atoms with Crippen molar-refractivity contribution in [2.24, 2.45) is 0 Å². The van der Waals surface area contributed by atoms with E-state index in [1.54, 1.807) is 33.0 Å². The number of hydrogen-bond acceptors (Lipinski definition) is 3. The van der Waals surface area contributed by atoms with Crippen LogP contribution in [0.4, 0.5) is 0 Å². The van der Waals surface area contributed by atoms with Crippen molar-refractivity contribution in [3.63, 3.8) is 0 Å². The molecule has 0 heterocycles. The fourth-order valence-corrected chi connectivity index (χ4v) is 2.75. The van der Waals surface area contributed by atoms with Crippen LogP contribution in [-0.2, 0) is 0 Å². The number of nitrogens with zero attached hydrogens (tertiary/aromatic N) is 1. The van der Waals surface area contributed by atoms with E-state index in [9.17, 15) is 9.90 Å². The first-order chi connectivity index (χ1) is 9.85. The van der Waals surface area contributed by atoms with Crippen LogP contribution in [0.1, 0.15) is 49.9 Å². The Kier molecular flexibility index (Phi) is 4.88. The molecule has 0 bridgehead atoms. The topological polar surface area (TPSA) is 49.8 Å². The van der Waals surface area contributed by atoms with Crippen LogP contribution in [0.3, 0.4) is 0 Å². The van der Waals surface area contributed by atoms with Gasteiger partial charge in [0, 0.05) is 19.2 Å². The summed E-state index contributed by atoms with van der Waals surface area (Å²) in [6, 6.07) is 7.27. The first-order valence-corrected chi connectivity index (χ1v) is 7.60. The van der Waals surface area contributed by atoms with Gasteiger partial charge < -0.3 is 14.7 Å². The maximum absolute atomic E-state index is 12.3. The fourth-order valence-electron chi connectivity index (χ4n) is 2.75. The molecule has 0 aromatic heterocycles. The van der Waals surface area contributed by atoms with Gasteiger partial charge in [-0.15, -0.1) is 0 Å². The molecular formula is C17H25NO3. The van der Waals surface area contributed by atoms with Crippen molar-refractivity contribution in [3.8, 4) is 5.75 Å². The van der Waals surface area contributed by atoms with E-state index in [1.165, 1.54) is 17.7 Å². The number of hydrogen-bond donors (Lipinski definition) is 1. The van der Waals surface area contributed by atoms with Gasteiger partial charge in [0.15, 0.2) is 0 Å². The third-order valence-corrected chi connectivity index (χ3v) is 3.68. The SMILES string of the molecule is CN(CC(C)(C)O)C(=O)c1ccc(OC2CCCC2)cc1. The number of aliphatic hydroxyl groups is 1. The Bertz CT molecular complexity index is 470. The Hall–Kier alpha value is -1.55. The Balaban J connectivity index is 1.95. The van der Waals surface area contributed by atoms with Gasteiger partial charge in [-0.3, -0.25) is 4.79 Å². The minimum absolute atomic E-state index is 0.0930. The normalized spacial score (nSPS) is 16.0. The summed E-state index contributed by atoms with van der Waals surface area (Å²) in [5.41, 5.74) is -0.281. The summed E-state index contributed by atoms with van der Waals surface area (Å²) in [7, 11) is 1.70. The largest absolute Gasteiger partial charge is 0.490 e. The van der Waals surface area contributed by atoms with E-state index in [0.717, 1.165) is 18.6 Å². The second-order valence-corrected chi connectivity index (χ2v) is 6.52. The number of carbonyl (C=O) groups is 1. The third kappa shape index (κ3) is 4.74. The summed E-state index contributed by atoms with van der Waals surface area (Å²) in [6.45, 7) is 3.68. The average molecular weight is 291 g/mol. The lowest BCUT2D eigenvalue weighted by Gasteiger charge is -2.25. The van der Waals surface area contributed by atoms with E-state index in [4.69, 9.17) is 4.74 Å². The molecule has 1 fully saturated rings. The number of ether oxygens (including phenoxy) is 1. The van der Waals surface area contributed by atoms with Crippen molar-refractivity contribution in [3.05, 3.63) is 29.8 Å². The number of amides is 1. The summed E-state index contributed by atoms with van der Waals surface area (Å²) in [5.74, 6) is 0.730. The van der Waals surface area contributed by atoms with Crippen molar-refractivity contribution in [2.45, 2.75) is 51.2 Å². The number of likely N-dealkylation sites (N-methyl/N-ethyl adjacent to an activating group) is 1. The summed E-state index contributed by atoms with van der Waals surface area (Å²) in [4.78, 5) is 13.8. The Morgan fingerprint density at radius 3 is 2.38 bits per heavy atom. The average Bonchev–Trinajstić information content (AvgIpc) is 2.90. The van der Waals surface area contributed by atoms with E-state index in [0.29, 0.717) is 18.2 Å². The Labute approximate surface area is 126 Å². The molecule has 1 saturated carbocycles. The molecule has 1 aromatic rings. The van der Waals surface area contributed by atoms with E-state index in [2.05, 4.69) is 0 Å². The zero-order valence-electron chi connectivity index (χ0n) is 13.1. The molecule has 0 unspecified atom stereocenters. The van der Waals surface area contributed by atoms with E-state index in [1.807, 2.05) is 12.1 Å². The van der Waals surface area contributed by atoms with Gasteiger partial charge in [0.25, 0.3) is 5.91 Å². The molecule has 0 spiro atoms. The molecule has 4 nitrogen and oxygen atoms in total. The van der Waals surface area contributed by atoms with Gasteiger partial charge in [0.1, 0.15) is 5.75 Å².